The molecule has 0 saturated heterocycles. The van der Waals surface area contributed by atoms with Crippen LogP contribution in [0.25, 0.3) is 22.0 Å². The zero-order chi connectivity index (χ0) is 22.0. The fourth-order valence-electron chi connectivity index (χ4n) is 3.26. The lowest BCUT2D eigenvalue weighted by atomic mass is 10.1. The van der Waals surface area contributed by atoms with Crippen molar-refractivity contribution < 1.29 is 18.0 Å². The van der Waals surface area contributed by atoms with Gasteiger partial charge in [0.05, 0.1) is 16.6 Å². The first-order chi connectivity index (χ1) is 14.8. The number of alkyl halides is 3. The van der Waals surface area contributed by atoms with Gasteiger partial charge in [0.1, 0.15) is 6.54 Å². The van der Waals surface area contributed by atoms with Crippen molar-refractivity contribution in [2.75, 3.05) is 5.32 Å². The van der Waals surface area contributed by atoms with E-state index in [1.165, 1.54) is 12.1 Å². The third-order valence-corrected chi connectivity index (χ3v) is 4.68. The van der Waals surface area contributed by atoms with Crippen LogP contribution in [-0.2, 0) is 17.5 Å². The summed E-state index contributed by atoms with van der Waals surface area (Å²) in [6.07, 6.45) is -4.53. The minimum atomic E-state index is -4.53. The SMILES string of the molecule is O=C(Cn1nc(-c2ccccc2)c2ccccc2c1=O)Nc1cccc(C(F)(F)F)c1. The molecule has 1 heterocycles. The number of aromatic nitrogens is 2. The molecule has 1 amide bonds. The summed E-state index contributed by atoms with van der Waals surface area (Å²) in [5, 5.41) is 7.81. The van der Waals surface area contributed by atoms with Gasteiger partial charge in [-0.15, -0.1) is 0 Å². The van der Waals surface area contributed by atoms with Crippen LogP contribution in [0.5, 0.6) is 0 Å². The van der Waals surface area contributed by atoms with Gasteiger partial charge in [-0.1, -0.05) is 54.6 Å². The molecule has 3 aromatic carbocycles. The summed E-state index contributed by atoms with van der Waals surface area (Å²) < 4.78 is 39.7. The highest BCUT2D eigenvalue weighted by Gasteiger charge is 2.30. The Kier molecular flexibility index (Phi) is 5.29. The van der Waals surface area contributed by atoms with Gasteiger partial charge in [-0.3, -0.25) is 9.59 Å². The molecule has 1 N–H and O–H groups in total. The van der Waals surface area contributed by atoms with E-state index in [2.05, 4.69) is 10.4 Å². The van der Waals surface area contributed by atoms with Crippen molar-refractivity contribution in [3.05, 3.63) is 94.8 Å². The van der Waals surface area contributed by atoms with E-state index in [4.69, 9.17) is 0 Å². The lowest BCUT2D eigenvalue weighted by molar-refractivity contribution is -0.137. The maximum Gasteiger partial charge on any atom is 0.416 e. The van der Waals surface area contributed by atoms with E-state index in [-0.39, 0.29) is 5.69 Å². The van der Waals surface area contributed by atoms with Crippen molar-refractivity contribution in [1.82, 2.24) is 9.78 Å². The average Bonchev–Trinajstić information content (AvgIpc) is 2.76. The number of nitrogens with zero attached hydrogens (tertiary/aromatic N) is 2. The highest BCUT2D eigenvalue weighted by atomic mass is 19.4. The third-order valence-electron chi connectivity index (χ3n) is 4.68. The molecule has 0 unspecified atom stereocenters. The van der Waals surface area contributed by atoms with E-state index >= 15 is 0 Å². The number of rotatable bonds is 4. The minimum Gasteiger partial charge on any atom is -0.324 e. The summed E-state index contributed by atoms with van der Waals surface area (Å²) in [5.74, 6) is -0.664. The molecule has 1 aromatic heterocycles. The fraction of sp³-hybridized carbons (Fsp3) is 0.0870. The Morgan fingerprint density at radius 1 is 0.903 bits per heavy atom. The number of nitrogens with one attached hydrogen (secondary N) is 1. The van der Waals surface area contributed by atoms with Gasteiger partial charge in [0.25, 0.3) is 5.56 Å². The Morgan fingerprint density at radius 2 is 1.58 bits per heavy atom. The number of hydrogen-bond acceptors (Lipinski definition) is 3. The number of fused-ring (bicyclic) bond motifs is 1. The van der Waals surface area contributed by atoms with Crippen molar-refractivity contribution >= 4 is 22.4 Å². The molecule has 0 aliphatic heterocycles. The highest BCUT2D eigenvalue weighted by molar-refractivity contribution is 5.94. The third kappa shape index (κ3) is 4.32. The standard InChI is InChI=1S/C23H16F3N3O2/c24-23(25,26)16-9-6-10-17(13-16)27-20(30)14-29-22(31)19-12-5-4-11-18(19)21(28-29)15-7-2-1-3-8-15/h1-13H,14H2,(H,27,30). The maximum absolute atomic E-state index is 12.9. The van der Waals surface area contributed by atoms with Gasteiger partial charge in [-0.05, 0) is 24.3 Å². The van der Waals surface area contributed by atoms with Crippen molar-refractivity contribution in [3.8, 4) is 11.3 Å². The maximum atomic E-state index is 12.9. The molecule has 5 nitrogen and oxygen atoms in total. The van der Waals surface area contributed by atoms with Gasteiger partial charge in [0.15, 0.2) is 0 Å². The number of benzene rings is 3. The molecule has 31 heavy (non-hydrogen) atoms. The summed E-state index contributed by atoms with van der Waals surface area (Å²) >= 11 is 0. The Balaban J connectivity index is 1.68. The molecular formula is C23H16F3N3O2. The van der Waals surface area contributed by atoms with Gasteiger partial charge >= 0.3 is 6.18 Å². The van der Waals surface area contributed by atoms with E-state index in [0.717, 1.165) is 22.4 Å². The summed E-state index contributed by atoms with van der Waals surface area (Å²) in [7, 11) is 0. The lowest BCUT2D eigenvalue weighted by Gasteiger charge is -2.12. The number of anilines is 1. The van der Waals surface area contributed by atoms with Crippen molar-refractivity contribution in [3.63, 3.8) is 0 Å². The second-order valence-corrected chi connectivity index (χ2v) is 6.85. The van der Waals surface area contributed by atoms with E-state index < -0.39 is 29.8 Å². The zero-order valence-corrected chi connectivity index (χ0v) is 16.1. The summed E-state index contributed by atoms with van der Waals surface area (Å²) in [4.78, 5) is 25.3. The number of amides is 1. The Bertz CT molecular complexity index is 1320. The highest BCUT2D eigenvalue weighted by Crippen LogP contribution is 2.30. The van der Waals surface area contributed by atoms with E-state index in [1.54, 1.807) is 24.3 Å². The van der Waals surface area contributed by atoms with Gasteiger partial charge < -0.3 is 5.32 Å². The predicted molar refractivity (Wildman–Crippen MR) is 112 cm³/mol. The molecule has 0 aliphatic carbocycles. The first-order valence-electron chi connectivity index (χ1n) is 9.35. The Labute approximate surface area is 174 Å². The van der Waals surface area contributed by atoms with Gasteiger partial charge in [0, 0.05) is 16.6 Å². The van der Waals surface area contributed by atoms with E-state index in [1.807, 2.05) is 30.3 Å². The predicted octanol–water partition coefficient (Wildman–Crippen LogP) is 4.72. The Hall–Kier alpha value is -3.94. The van der Waals surface area contributed by atoms with Crippen LogP contribution < -0.4 is 10.9 Å². The van der Waals surface area contributed by atoms with Crippen LogP contribution in [0, 0.1) is 0 Å². The molecule has 0 spiro atoms. The van der Waals surface area contributed by atoms with Gasteiger partial charge in [-0.25, -0.2) is 4.68 Å². The summed E-state index contributed by atoms with van der Waals surface area (Å²) in [6.45, 7) is -0.445. The normalized spacial score (nSPS) is 11.5. The lowest BCUT2D eigenvalue weighted by Crippen LogP contribution is -2.30. The molecule has 0 aliphatic rings. The number of carbonyl (C=O) groups excluding carboxylic acids is 1. The summed E-state index contributed by atoms with van der Waals surface area (Å²) in [6, 6.07) is 20.4. The smallest absolute Gasteiger partial charge is 0.324 e. The van der Waals surface area contributed by atoms with Gasteiger partial charge in [0.2, 0.25) is 5.91 Å². The fourth-order valence-corrected chi connectivity index (χ4v) is 3.26. The molecular weight excluding hydrogens is 407 g/mol. The first-order valence-corrected chi connectivity index (χ1v) is 9.35. The monoisotopic (exact) mass is 423 g/mol. The molecule has 8 heteroatoms. The Morgan fingerprint density at radius 3 is 2.29 bits per heavy atom. The van der Waals surface area contributed by atoms with Crippen LogP contribution in [0.3, 0.4) is 0 Å². The topological polar surface area (TPSA) is 64.0 Å². The van der Waals surface area contributed by atoms with Crippen molar-refractivity contribution in [2.45, 2.75) is 12.7 Å². The number of hydrogen-bond donors (Lipinski definition) is 1. The second-order valence-electron chi connectivity index (χ2n) is 6.85. The second kappa shape index (κ2) is 8.06. The average molecular weight is 423 g/mol. The van der Waals surface area contributed by atoms with E-state index in [0.29, 0.717) is 16.5 Å². The molecule has 4 aromatic rings. The van der Waals surface area contributed by atoms with Crippen LogP contribution in [0.2, 0.25) is 0 Å². The first kappa shape index (κ1) is 20.3. The van der Waals surface area contributed by atoms with Crippen molar-refractivity contribution in [1.29, 1.82) is 0 Å². The molecule has 0 bridgehead atoms. The molecule has 4 rings (SSSR count). The van der Waals surface area contributed by atoms with Gasteiger partial charge in [-0.2, -0.15) is 18.3 Å². The molecule has 0 saturated carbocycles. The van der Waals surface area contributed by atoms with E-state index in [9.17, 15) is 22.8 Å². The minimum absolute atomic E-state index is 0.0167. The molecule has 0 fully saturated rings. The van der Waals surface area contributed by atoms with Crippen LogP contribution in [0.1, 0.15) is 5.56 Å². The van der Waals surface area contributed by atoms with Crippen molar-refractivity contribution in [2.24, 2.45) is 0 Å². The van der Waals surface area contributed by atoms with Crippen LogP contribution >= 0.6 is 0 Å². The number of halogens is 3. The molecule has 156 valence electrons. The zero-order valence-electron chi connectivity index (χ0n) is 16.1. The van der Waals surface area contributed by atoms with Crippen LogP contribution in [0.4, 0.5) is 18.9 Å². The quantitative estimate of drug-likeness (QED) is 0.517. The molecule has 0 radical (unpaired) electrons. The van der Waals surface area contributed by atoms with Crippen LogP contribution in [-0.4, -0.2) is 15.7 Å². The largest absolute Gasteiger partial charge is 0.416 e. The summed E-state index contributed by atoms with van der Waals surface area (Å²) in [5.41, 5.74) is -0.0579. The number of carbonyl (C=O) groups is 1. The molecule has 0 atom stereocenters. The van der Waals surface area contributed by atoms with Crippen LogP contribution in [0.15, 0.2) is 83.7 Å².